The molecule has 2 heteroatoms. The molecule has 0 atom stereocenters. The molecule has 0 aromatic rings. The maximum atomic E-state index is 12.1. The van der Waals surface area contributed by atoms with Gasteiger partial charge in [-0.05, 0) is 19.4 Å². The molecule has 0 aliphatic heterocycles. The summed E-state index contributed by atoms with van der Waals surface area (Å²) in [6.45, 7) is 3.59. The summed E-state index contributed by atoms with van der Waals surface area (Å²) in [6.07, 6.45) is 6.63. The van der Waals surface area contributed by atoms with Crippen molar-refractivity contribution >= 4 is 0 Å². The molecule has 72 valence electrons. The maximum Gasteiger partial charge on any atom is 0.102 e. The van der Waals surface area contributed by atoms with Crippen molar-refractivity contribution in [3.63, 3.8) is 0 Å². The van der Waals surface area contributed by atoms with Crippen LogP contribution in [0, 0.1) is 0 Å². The van der Waals surface area contributed by atoms with E-state index in [1.807, 2.05) is 0 Å². The van der Waals surface area contributed by atoms with Crippen LogP contribution in [-0.2, 0) is 0 Å². The van der Waals surface area contributed by atoms with Crippen molar-refractivity contribution in [2.45, 2.75) is 45.1 Å². The quantitative estimate of drug-likeness (QED) is 0.631. The zero-order valence-corrected chi connectivity index (χ0v) is 8.06. The minimum Gasteiger partial charge on any atom is -0.298 e. The Morgan fingerprint density at radius 2 is 1.92 bits per heavy atom. The van der Waals surface area contributed by atoms with Crippen molar-refractivity contribution in [3.8, 4) is 0 Å². The lowest BCUT2D eigenvalue weighted by Crippen LogP contribution is -2.37. The van der Waals surface area contributed by atoms with Crippen LogP contribution in [0.1, 0.15) is 39.0 Å². The van der Waals surface area contributed by atoms with Gasteiger partial charge in [-0.2, -0.15) is 0 Å². The van der Waals surface area contributed by atoms with E-state index in [-0.39, 0.29) is 6.67 Å². The molecule has 0 bridgehead atoms. The van der Waals surface area contributed by atoms with E-state index in [1.54, 1.807) is 0 Å². The van der Waals surface area contributed by atoms with Crippen LogP contribution in [0.15, 0.2) is 0 Å². The van der Waals surface area contributed by atoms with E-state index in [0.29, 0.717) is 12.6 Å². The molecule has 0 heterocycles. The van der Waals surface area contributed by atoms with Gasteiger partial charge in [-0.15, -0.1) is 0 Å². The molecule has 1 fully saturated rings. The summed E-state index contributed by atoms with van der Waals surface area (Å²) in [7, 11) is 0. The Morgan fingerprint density at radius 3 is 2.42 bits per heavy atom. The topological polar surface area (TPSA) is 3.24 Å². The Balaban J connectivity index is 2.29. The third-order valence-electron chi connectivity index (χ3n) is 2.87. The number of rotatable bonds is 4. The normalized spacial score (nSPS) is 20.2. The number of alkyl halides is 1. The van der Waals surface area contributed by atoms with Gasteiger partial charge in [-0.25, -0.2) is 4.39 Å². The Labute approximate surface area is 74.9 Å². The average Bonchev–Trinajstić information content (AvgIpc) is 2.15. The van der Waals surface area contributed by atoms with Gasteiger partial charge >= 0.3 is 0 Å². The molecule has 0 unspecified atom stereocenters. The highest BCUT2D eigenvalue weighted by molar-refractivity contribution is 4.74. The van der Waals surface area contributed by atoms with Crippen LogP contribution < -0.4 is 0 Å². The van der Waals surface area contributed by atoms with Crippen LogP contribution in [0.3, 0.4) is 0 Å². The van der Waals surface area contributed by atoms with E-state index in [9.17, 15) is 4.39 Å². The van der Waals surface area contributed by atoms with Gasteiger partial charge in [-0.3, -0.25) is 4.90 Å². The highest BCUT2D eigenvalue weighted by Crippen LogP contribution is 2.21. The summed E-state index contributed by atoms with van der Waals surface area (Å²) in [5.74, 6) is 0. The van der Waals surface area contributed by atoms with Crippen LogP contribution in [0.5, 0.6) is 0 Å². The molecule has 1 aliphatic rings. The van der Waals surface area contributed by atoms with Gasteiger partial charge in [0.15, 0.2) is 0 Å². The van der Waals surface area contributed by atoms with Crippen molar-refractivity contribution in [1.82, 2.24) is 4.90 Å². The minimum absolute atomic E-state index is 0.190. The second-order valence-electron chi connectivity index (χ2n) is 3.61. The molecule has 0 radical (unpaired) electrons. The fraction of sp³-hybridized carbons (Fsp3) is 1.00. The average molecular weight is 173 g/mol. The first-order chi connectivity index (χ1) is 5.88. The van der Waals surface area contributed by atoms with E-state index in [4.69, 9.17) is 0 Å². The van der Waals surface area contributed by atoms with E-state index in [1.165, 1.54) is 32.1 Å². The lowest BCUT2D eigenvalue weighted by Gasteiger charge is -2.32. The Bertz CT molecular complexity index is 108. The molecule has 1 saturated carbocycles. The SMILES string of the molecule is CCN(CCF)C1CCCCC1. The Hall–Kier alpha value is -0.110. The van der Waals surface area contributed by atoms with Crippen LogP contribution >= 0.6 is 0 Å². The summed E-state index contributed by atoms with van der Waals surface area (Å²) in [5.41, 5.74) is 0. The number of hydrogen-bond donors (Lipinski definition) is 0. The van der Waals surface area contributed by atoms with Crippen LogP contribution in [0.2, 0.25) is 0 Å². The first kappa shape index (κ1) is 9.97. The van der Waals surface area contributed by atoms with Crippen molar-refractivity contribution in [1.29, 1.82) is 0 Å². The van der Waals surface area contributed by atoms with Crippen molar-refractivity contribution < 1.29 is 4.39 Å². The van der Waals surface area contributed by atoms with Crippen molar-refractivity contribution in [2.75, 3.05) is 19.8 Å². The molecule has 0 saturated heterocycles. The molecule has 12 heavy (non-hydrogen) atoms. The van der Waals surface area contributed by atoms with Gasteiger partial charge in [-0.1, -0.05) is 26.2 Å². The van der Waals surface area contributed by atoms with E-state index in [0.717, 1.165) is 6.54 Å². The predicted molar refractivity (Wildman–Crippen MR) is 50.1 cm³/mol. The number of nitrogens with zero attached hydrogens (tertiary/aromatic N) is 1. The lowest BCUT2D eigenvalue weighted by molar-refractivity contribution is 0.152. The summed E-state index contributed by atoms with van der Waals surface area (Å²) in [6, 6.07) is 0.680. The summed E-state index contributed by atoms with van der Waals surface area (Å²) < 4.78 is 12.1. The summed E-state index contributed by atoms with van der Waals surface area (Å²) in [5, 5.41) is 0. The fourth-order valence-electron chi connectivity index (χ4n) is 2.15. The molecule has 0 aromatic heterocycles. The summed E-state index contributed by atoms with van der Waals surface area (Å²) >= 11 is 0. The third kappa shape index (κ3) is 2.74. The standard InChI is InChI=1S/C10H20FN/c1-2-12(9-8-11)10-6-4-3-5-7-10/h10H,2-9H2,1H3. The molecule has 0 N–H and O–H groups in total. The molecule has 0 amide bonds. The second kappa shape index (κ2) is 5.52. The first-order valence-electron chi connectivity index (χ1n) is 5.18. The predicted octanol–water partition coefficient (Wildman–Crippen LogP) is 2.61. The van der Waals surface area contributed by atoms with Gasteiger partial charge in [0.25, 0.3) is 0 Å². The largest absolute Gasteiger partial charge is 0.298 e. The maximum absolute atomic E-state index is 12.1. The van der Waals surface area contributed by atoms with Crippen LogP contribution in [0.4, 0.5) is 4.39 Å². The highest BCUT2D eigenvalue weighted by Gasteiger charge is 2.18. The minimum atomic E-state index is -0.190. The molecule has 1 rings (SSSR count). The lowest BCUT2D eigenvalue weighted by atomic mass is 9.94. The first-order valence-corrected chi connectivity index (χ1v) is 5.18. The molecular formula is C10H20FN. The van der Waals surface area contributed by atoms with Crippen molar-refractivity contribution in [3.05, 3.63) is 0 Å². The molecule has 1 nitrogen and oxygen atoms in total. The van der Waals surface area contributed by atoms with Crippen LogP contribution in [-0.4, -0.2) is 30.7 Å². The van der Waals surface area contributed by atoms with Gasteiger partial charge in [0.2, 0.25) is 0 Å². The van der Waals surface area contributed by atoms with Gasteiger partial charge in [0, 0.05) is 12.6 Å². The number of halogens is 1. The smallest absolute Gasteiger partial charge is 0.102 e. The molecular weight excluding hydrogens is 153 g/mol. The monoisotopic (exact) mass is 173 g/mol. The van der Waals surface area contributed by atoms with E-state index < -0.39 is 0 Å². The molecule has 0 spiro atoms. The van der Waals surface area contributed by atoms with Gasteiger partial charge < -0.3 is 0 Å². The third-order valence-corrected chi connectivity index (χ3v) is 2.87. The van der Waals surface area contributed by atoms with E-state index in [2.05, 4.69) is 11.8 Å². The van der Waals surface area contributed by atoms with Crippen LogP contribution in [0.25, 0.3) is 0 Å². The number of hydrogen-bond acceptors (Lipinski definition) is 1. The molecule has 0 aromatic carbocycles. The highest BCUT2D eigenvalue weighted by atomic mass is 19.1. The van der Waals surface area contributed by atoms with Crippen molar-refractivity contribution in [2.24, 2.45) is 0 Å². The van der Waals surface area contributed by atoms with E-state index >= 15 is 0 Å². The Kier molecular flexibility index (Phi) is 4.59. The second-order valence-corrected chi connectivity index (χ2v) is 3.61. The Morgan fingerprint density at radius 1 is 1.25 bits per heavy atom. The fourth-order valence-corrected chi connectivity index (χ4v) is 2.15. The molecule has 1 aliphatic carbocycles. The zero-order chi connectivity index (χ0) is 8.81. The van der Waals surface area contributed by atoms with Gasteiger partial charge in [0.05, 0.1) is 0 Å². The van der Waals surface area contributed by atoms with Gasteiger partial charge in [0.1, 0.15) is 6.67 Å². The zero-order valence-electron chi connectivity index (χ0n) is 8.06. The summed E-state index contributed by atoms with van der Waals surface area (Å²) in [4.78, 5) is 2.29.